The fourth-order valence-corrected chi connectivity index (χ4v) is 0.697. The van der Waals surface area contributed by atoms with E-state index in [0.717, 1.165) is 0 Å². The van der Waals surface area contributed by atoms with Gasteiger partial charge < -0.3 is 21.9 Å². The van der Waals surface area contributed by atoms with Gasteiger partial charge in [0.05, 0.1) is 0 Å². The normalized spacial score (nSPS) is 15.3. The Morgan fingerprint density at radius 3 is 2.67 bits per heavy atom. The van der Waals surface area contributed by atoms with E-state index in [9.17, 15) is 4.79 Å². The van der Waals surface area contributed by atoms with E-state index in [1.54, 1.807) is 6.92 Å². The zero-order valence-electron chi connectivity index (χ0n) is 7.29. The number of aliphatic hydroxyl groups excluding tert-OH is 1. The molecule has 0 radical (unpaired) electrons. The summed E-state index contributed by atoms with van der Waals surface area (Å²) in [5.41, 5.74) is 10.3. The molecule has 72 valence electrons. The molecule has 0 saturated carbocycles. The molecule has 5 heteroatoms. The first kappa shape index (κ1) is 11.4. The van der Waals surface area contributed by atoms with Crippen LogP contribution in [0.4, 0.5) is 0 Å². The maximum absolute atomic E-state index is 11.0. The first-order valence-electron chi connectivity index (χ1n) is 3.98. The van der Waals surface area contributed by atoms with Gasteiger partial charge in [0.2, 0.25) is 5.91 Å². The van der Waals surface area contributed by atoms with E-state index in [0.29, 0.717) is 13.1 Å². The molecule has 0 aromatic heterocycles. The van der Waals surface area contributed by atoms with Crippen molar-refractivity contribution in [2.24, 2.45) is 17.4 Å². The fourth-order valence-electron chi connectivity index (χ4n) is 0.697. The molecule has 0 saturated heterocycles. The molecule has 0 fully saturated rings. The second-order valence-electron chi connectivity index (χ2n) is 2.81. The van der Waals surface area contributed by atoms with Crippen molar-refractivity contribution in [3.05, 3.63) is 0 Å². The van der Waals surface area contributed by atoms with Crippen LogP contribution in [0.15, 0.2) is 0 Å². The summed E-state index contributed by atoms with van der Waals surface area (Å²) < 4.78 is 0. The molecule has 5 nitrogen and oxygen atoms in total. The standard InChI is InChI=1S/C7H17N3O2/c1-5(7(9)12)4-6(11)10-3-2-8/h5,7,12H,2-4,8-9H2,1H3,(H,10,11). The van der Waals surface area contributed by atoms with Crippen LogP contribution in [0.1, 0.15) is 13.3 Å². The van der Waals surface area contributed by atoms with E-state index < -0.39 is 6.23 Å². The molecule has 0 spiro atoms. The van der Waals surface area contributed by atoms with Gasteiger partial charge in [0.25, 0.3) is 0 Å². The van der Waals surface area contributed by atoms with Crippen LogP contribution in [0.5, 0.6) is 0 Å². The highest BCUT2D eigenvalue weighted by atomic mass is 16.3. The number of nitrogens with one attached hydrogen (secondary N) is 1. The van der Waals surface area contributed by atoms with Crippen LogP contribution in [0.2, 0.25) is 0 Å². The second-order valence-corrected chi connectivity index (χ2v) is 2.81. The maximum Gasteiger partial charge on any atom is 0.220 e. The summed E-state index contributed by atoms with van der Waals surface area (Å²) in [5.74, 6) is -0.347. The summed E-state index contributed by atoms with van der Waals surface area (Å²) in [6.07, 6.45) is -0.703. The number of aliphatic hydroxyl groups is 1. The lowest BCUT2D eigenvalue weighted by Gasteiger charge is -2.13. The molecule has 0 aliphatic heterocycles. The van der Waals surface area contributed by atoms with Gasteiger partial charge in [0.1, 0.15) is 6.23 Å². The van der Waals surface area contributed by atoms with Crippen LogP contribution < -0.4 is 16.8 Å². The van der Waals surface area contributed by atoms with Gasteiger partial charge in [-0.3, -0.25) is 4.79 Å². The zero-order chi connectivity index (χ0) is 9.56. The maximum atomic E-state index is 11.0. The SMILES string of the molecule is CC(CC(=O)NCCN)C(N)O. The average Bonchev–Trinajstić information content (AvgIpc) is 2.00. The number of amides is 1. The van der Waals surface area contributed by atoms with Crippen LogP contribution >= 0.6 is 0 Å². The van der Waals surface area contributed by atoms with Crippen LogP contribution in [0, 0.1) is 5.92 Å². The minimum atomic E-state index is -0.936. The summed E-state index contributed by atoms with van der Waals surface area (Å²) in [6.45, 7) is 2.60. The van der Waals surface area contributed by atoms with Gasteiger partial charge in [0.15, 0.2) is 0 Å². The summed E-state index contributed by atoms with van der Waals surface area (Å²) >= 11 is 0. The van der Waals surface area contributed by atoms with E-state index in [1.807, 2.05) is 0 Å². The summed E-state index contributed by atoms with van der Waals surface area (Å²) in [4.78, 5) is 11.0. The largest absolute Gasteiger partial charge is 0.379 e. The number of hydrogen-bond acceptors (Lipinski definition) is 4. The average molecular weight is 175 g/mol. The van der Waals surface area contributed by atoms with E-state index in [1.165, 1.54) is 0 Å². The number of rotatable bonds is 5. The molecule has 1 amide bonds. The first-order chi connectivity index (χ1) is 5.57. The van der Waals surface area contributed by atoms with Crippen LogP contribution in [0.3, 0.4) is 0 Å². The number of hydrogen-bond donors (Lipinski definition) is 4. The molecule has 2 unspecified atom stereocenters. The summed E-state index contributed by atoms with van der Waals surface area (Å²) in [7, 11) is 0. The van der Waals surface area contributed by atoms with Crippen molar-refractivity contribution in [3.8, 4) is 0 Å². The quantitative estimate of drug-likeness (QED) is 0.376. The predicted molar refractivity (Wildman–Crippen MR) is 46.0 cm³/mol. The molecular weight excluding hydrogens is 158 g/mol. The Balaban J connectivity index is 3.54. The predicted octanol–water partition coefficient (Wildman–Crippen LogP) is -1.64. The lowest BCUT2D eigenvalue weighted by atomic mass is 10.1. The molecule has 0 heterocycles. The molecule has 0 rings (SSSR count). The molecule has 2 atom stereocenters. The Labute approximate surface area is 72.1 Å². The van der Waals surface area contributed by atoms with Crippen molar-refractivity contribution in [1.29, 1.82) is 0 Å². The van der Waals surface area contributed by atoms with Crippen molar-refractivity contribution in [2.75, 3.05) is 13.1 Å². The third-order valence-corrected chi connectivity index (χ3v) is 1.56. The number of carbonyl (C=O) groups excluding carboxylic acids is 1. The molecular formula is C7H17N3O2. The van der Waals surface area contributed by atoms with Gasteiger partial charge >= 0.3 is 0 Å². The van der Waals surface area contributed by atoms with Crippen molar-refractivity contribution in [1.82, 2.24) is 5.32 Å². The Morgan fingerprint density at radius 2 is 2.25 bits per heavy atom. The van der Waals surface area contributed by atoms with Crippen molar-refractivity contribution >= 4 is 5.91 Å². The topological polar surface area (TPSA) is 101 Å². The Kier molecular flexibility index (Phi) is 5.61. The highest BCUT2D eigenvalue weighted by Crippen LogP contribution is 2.02. The third kappa shape index (κ3) is 5.06. The zero-order valence-corrected chi connectivity index (χ0v) is 7.29. The lowest BCUT2D eigenvalue weighted by Crippen LogP contribution is -2.35. The molecule has 0 aliphatic carbocycles. The Bertz CT molecular complexity index is 139. The molecule has 0 aliphatic rings. The molecule has 0 bridgehead atoms. The second kappa shape index (κ2) is 5.93. The molecule has 0 aromatic rings. The molecule has 6 N–H and O–H groups in total. The summed E-state index contributed by atoms with van der Waals surface area (Å²) in [5, 5.41) is 11.5. The van der Waals surface area contributed by atoms with Crippen molar-refractivity contribution < 1.29 is 9.90 Å². The van der Waals surface area contributed by atoms with Crippen LogP contribution in [-0.2, 0) is 4.79 Å². The van der Waals surface area contributed by atoms with Gasteiger partial charge in [-0.25, -0.2) is 0 Å². The Hall–Kier alpha value is -0.650. The van der Waals surface area contributed by atoms with E-state index in [4.69, 9.17) is 16.6 Å². The van der Waals surface area contributed by atoms with Crippen molar-refractivity contribution in [3.63, 3.8) is 0 Å². The fraction of sp³-hybridized carbons (Fsp3) is 0.857. The minimum Gasteiger partial charge on any atom is -0.379 e. The van der Waals surface area contributed by atoms with E-state index in [-0.39, 0.29) is 18.2 Å². The number of carbonyl (C=O) groups is 1. The van der Waals surface area contributed by atoms with Gasteiger partial charge in [0, 0.05) is 25.4 Å². The first-order valence-corrected chi connectivity index (χ1v) is 3.98. The van der Waals surface area contributed by atoms with Gasteiger partial charge in [-0.15, -0.1) is 0 Å². The smallest absolute Gasteiger partial charge is 0.220 e. The van der Waals surface area contributed by atoms with E-state index >= 15 is 0 Å². The summed E-state index contributed by atoms with van der Waals surface area (Å²) in [6, 6.07) is 0. The van der Waals surface area contributed by atoms with Crippen molar-refractivity contribution in [2.45, 2.75) is 19.6 Å². The van der Waals surface area contributed by atoms with Crippen LogP contribution in [-0.4, -0.2) is 30.3 Å². The molecule has 12 heavy (non-hydrogen) atoms. The minimum absolute atomic E-state index is 0.127. The monoisotopic (exact) mass is 175 g/mol. The Morgan fingerprint density at radius 1 is 1.67 bits per heavy atom. The third-order valence-electron chi connectivity index (χ3n) is 1.56. The highest BCUT2D eigenvalue weighted by Gasteiger charge is 2.13. The molecule has 0 aromatic carbocycles. The van der Waals surface area contributed by atoms with Gasteiger partial charge in [-0.05, 0) is 0 Å². The lowest BCUT2D eigenvalue weighted by molar-refractivity contribution is -0.122. The van der Waals surface area contributed by atoms with Crippen LogP contribution in [0.25, 0.3) is 0 Å². The van der Waals surface area contributed by atoms with Gasteiger partial charge in [-0.2, -0.15) is 0 Å². The highest BCUT2D eigenvalue weighted by molar-refractivity contribution is 5.76. The van der Waals surface area contributed by atoms with Gasteiger partial charge in [-0.1, -0.05) is 6.92 Å². The number of nitrogens with two attached hydrogens (primary N) is 2. The van der Waals surface area contributed by atoms with E-state index in [2.05, 4.69) is 5.32 Å².